The molecule has 3 rings (SSSR count). The van der Waals surface area contributed by atoms with Crippen molar-refractivity contribution in [3.63, 3.8) is 0 Å². The highest BCUT2D eigenvalue weighted by Gasteiger charge is 2.37. The minimum Gasteiger partial charge on any atom is -0.306 e. The monoisotopic (exact) mass is 349 g/mol. The zero-order valence-electron chi connectivity index (χ0n) is 13.8. The lowest BCUT2D eigenvalue weighted by Crippen LogP contribution is -2.21. The summed E-state index contributed by atoms with van der Waals surface area (Å²) in [6.45, 7) is 2.00. The third kappa shape index (κ3) is 3.74. The van der Waals surface area contributed by atoms with E-state index in [1.54, 1.807) is 10.9 Å². The molecule has 0 aliphatic rings. The molecule has 0 aliphatic carbocycles. The fourth-order valence-corrected chi connectivity index (χ4v) is 2.70. The van der Waals surface area contributed by atoms with Crippen LogP contribution < -0.4 is 5.32 Å². The second-order valence-corrected chi connectivity index (χ2v) is 5.78. The molecule has 1 aromatic carbocycles. The van der Waals surface area contributed by atoms with Gasteiger partial charge in [-0.3, -0.25) is 4.68 Å². The number of hydrogen-bond donors (Lipinski definition) is 1. The number of hydrogen-bond acceptors (Lipinski definition) is 3. The topological polar surface area (TPSA) is 47.7 Å². The highest BCUT2D eigenvalue weighted by Crippen LogP contribution is 2.31. The van der Waals surface area contributed by atoms with Gasteiger partial charge in [-0.05, 0) is 30.7 Å². The van der Waals surface area contributed by atoms with E-state index in [1.807, 2.05) is 43.5 Å². The molecule has 0 fully saturated rings. The Bertz CT molecular complexity index is 819. The number of rotatable bonds is 5. The molecule has 1 atom stereocenters. The summed E-state index contributed by atoms with van der Waals surface area (Å²) >= 11 is 0. The van der Waals surface area contributed by atoms with Crippen molar-refractivity contribution in [1.29, 1.82) is 0 Å². The molecule has 8 heteroatoms. The number of aryl methyl sites for hydroxylation is 1. The van der Waals surface area contributed by atoms with E-state index < -0.39 is 11.9 Å². The van der Waals surface area contributed by atoms with Gasteiger partial charge in [-0.1, -0.05) is 12.1 Å². The molecular weight excluding hydrogens is 331 g/mol. The quantitative estimate of drug-likeness (QED) is 0.767. The Morgan fingerprint density at radius 1 is 1.16 bits per heavy atom. The van der Waals surface area contributed by atoms with Gasteiger partial charge in [0.25, 0.3) is 0 Å². The fourth-order valence-electron chi connectivity index (χ4n) is 2.70. The Morgan fingerprint density at radius 3 is 2.48 bits per heavy atom. The van der Waals surface area contributed by atoms with E-state index in [9.17, 15) is 13.2 Å². The maximum absolute atomic E-state index is 13.1. The summed E-state index contributed by atoms with van der Waals surface area (Å²) in [4.78, 5) is 0. The second-order valence-electron chi connectivity index (χ2n) is 5.78. The van der Waals surface area contributed by atoms with Crippen LogP contribution in [0.1, 0.15) is 29.8 Å². The van der Waals surface area contributed by atoms with Crippen molar-refractivity contribution in [3.05, 3.63) is 65.7 Å². The Balaban J connectivity index is 1.68. The first kappa shape index (κ1) is 17.2. The van der Waals surface area contributed by atoms with Crippen LogP contribution in [0.15, 0.2) is 48.9 Å². The molecule has 5 nitrogen and oxygen atoms in total. The van der Waals surface area contributed by atoms with E-state index in [-0.39, 0.29) is 18.2 Å². The largest absolute Gasteiger partial charge is 0.433 e. The average molecular weight is 349 g/mol. The molecule has 0 spiro atoms. The van der Waals surface area contributed by atoms with Crippen molar-refractivity contribution in [2.24, 2.45) is 7.05 Å². The van der Waals surface area contributed by atoms with Crippen LogP contribution in [0.2, 0.25) is 0 Å². The number of halogens is 3. The zero-order valence-corrected chi connectivity index (χ0v) is 13.8. The third-order valence-corrected chi connectivity index (χ3v) is 4.04. The first-order chi connectivity index (χ1) is 11.9. The first-order valence-corrected chi connectivity index (χ1v) is 7.77. The van der Waals surface area contributed by atoms with Gasteiger partial charge in [0.05, 0.1) is 11.9 Å². The Labute approximate surface area is 143 Å². The maximum Gasteiger partial charge on any atom is 0.433 e. The second kappa shape index (κ2) is 6.72. The minimum atomic E-state index is -4.42. The fraction of sp³-hybridized carbons (Fsp3) is 0.294. The summed E-state index contributed by atoms with van der Waals surface area (Å²) in [7, 11) is 1.30. The predicted octanol–water partition coefficient (Wildman–Crippen LogP) is 3.48. The van der Waals surface area contributed by atoms with Crippen molar-refractivity contribution in [1.82, 2.24) is 24.9 Å². The van der Waals surface area contributed by atoms with Crippen LogP contribution in [0.3, 0.4) is 0 Å². The smallest absolute Gasteiger partial charge is 0.306 e. The summed E-state index contributed by atoms with van der Waals surface area (Å²) in [5.41, 5.74) is 1.32. The third-order valence-electron chi connectivity index (χ3n) is 4.04. The van der Waals surface area contributed by atoms with Crippen LogP contribution >= 0.6 is 0 Å². The molecule has 0 radical (unpaired) electrons. The molecule has 132 valence electrons. The van der Waals surface area contributed by atoms with Gasteiger partial charge in [0.2, 0.25) is 0 Å². The number of alkyl halides is 3. The van der Waals surface area contributed by atoms with E-state index >= 15 is 0 Å². The Hall–Kier alpha value is -2.61. The van der Waals surface area contributed by atoms with Crippen LogP contribution in [0.4, 0.5) is 13.2 Å². The van der Waals surface area contributed by atoms with Crippen LogP contribution in [-0.2, 0) is 19.8 Å². The molecule has 0 saturated carbocycles. The van der Waals surface area contributed by atoms with Gasteiger partial charge >= 0.3 is 6.18 Å². The van der Waals surface area contributed by atoms with Gasteiger partial charge in [0.1, 0.15) is 5.69 Å². The van der Waals surface area contributed by atoms with Crippen LogP contribution in [0.25, 0.3) is 5.69 Å². The Kier molecular flexibility index (Phi) is 4.63. The molecule has 0 amide bonds. The lowest BCUT2D eigenvalue weighted by Gasteiger charge is -2.16. The summed E-state index contributed by atoms with van der Waals surface area (Å²) in [6, 6.07) is 9.44. The van der Waals surface area contributed by atoms with Crippen molar-refractivity contribution in [3.8, 4) is 5.69 Å². The standard InChI is InChI=1S/C17H18F3N5/c1-12(13-4-6-15(7-5-13)25-9-3-8-22-25)21-10-14-11-23-24(2)16(14)17(18,19)20/h3-9,11-12,21H,10H2,1-2H3/t12-/m0/s1. The van der Waals surface area contributed by atoms with Crippen molar-refractivity contribution >= 4 is 0 Å². The summed E-state index contributed by atoms with van der Waals surface area (Å²) in [6.07, 6.45) is 0.377. The van der Waals surface area contributed by atoms with Crippen molar-refractivity contribution < 1.29 is 13.2 Å². The van der Waals surface area contributed by atoms with Crippen LogP contribution in [0.5, 0.6) is 0 Å². The SMILES string of the molecule is C[C@H](NCc1cnn(C)c1C(F)(F)F)c1ccc(-n2cccn2)cc1. The van der Waals surface area contributed by atoms with Gasteiger partial charge in [-0.25, -0.2) is 4.68 Å². The number of aromatic nitrogens is 4. The zero-order chi connectivity index (χ0) is 18.0. The highest BCUT2D eigenvalue weighted by molar-refractivity contribution is 5.35. The molecule has 25 heavy (non-hydrogen) atoms. The molecule has 0 aliphatic heterocycles. The first-order valence-electron chi connectivity index (χ1n) is 7.77. The molecular formula is C17H18F3N5. The van der Waals surface area contributed by atoms with E-state index in [2.05, 4.69) is 15.5 Å². The van der Waals surface area contributed by atoms with Crippen LogP contribution in [0, 0.1) is 0 Å². The maximum atomic E-state index is 13.1. The summed E-state index contributed by atoms with van der Waals surface area (Å²) in [5.74, 6) is 0. The van der Waals surface area contributed by atoms with Gasteiger partial charge < -0.3 is 5.32 Å². The minimum absolute atomic E-state index is 0.0881. The number of benzene rings is 1. The normalized spacial score (nSPS) is 13.2. The Morgan fingerprint density at radius 2 is 1.88 bits per heavy atom. The lowest BCUT2D eigenvalue weighted by atomic mass is 10.1. The molecule has 0 bridgehead atoms. The average Bonchev–Trinajstić information content (AvgIpc) is 3.22. The number of nitrogens with zero attached hydrogens (tertiary/aromatic N) is 4. The molecule has 1 N–H and O–H groups in total. The van der Waals surface area contributed by atoms with Gasteiger partial charge in [-0.2, -0.15) is 23.4 Å². The van der Waals surface area contributed by atoms with E-state index in [1.165, 1.54) is 13.2 Å². The van der Waals surface area contributed by atoms with E-state index in [4.69, 9.17) is 0 Å². The van der Waals surface area contributed by atoms with Gasteiger partial charge in [-0.15, -0.1) is 0 Å². The van der Waals surface area contributed by atoms with E-state index in [0.717, 1.165) is 15.9 Å². The predicted molar refractivity (Wildman–Crippen MR) is 87.0 cm³/mol. The molecule has 2 aromatic heterocycles. The van der Waals surface area contributed by atoms with Crippen molar-refractivity contribution in [2.45, 2.75) is 25.7 Å². The highest BCUT2D eigenvalue weighted by atomic mass is 19.4. The summed E-state index contributed by atoms with van der Waals surface area (Å²) in [5, 5.41) is 11.0. The molecule has 2 heterocycles. The van der Waals surface area contributed by atoms with E-state index in [0.29, 0.717) is 0 Å². The summed E-state index contributed by atoms with van der Waals surface area (Å²) < 4.78 is 41.8. The lowest BCUT2D eigenvalue weighted by molar-refractivity contribution is -0.144. The molecule has 0 saturated heterocycles. The van der Waals surface area contributed by atoms with Gasteiger partial charge in [0, 0.05) is 37.6 Å². The molecule has 3 aromatic rings. The van der Waals surface area contributed by atoms with Crippen LogP contribution in [-0.4, -0.2) is 19.6 Å². The van der Waals surface area contributed by atoms with Crippen molar-refractivity contribution in [2.75, 3.05) is 0 Å². The molecule has 0 unspecified atom stereocenters. The number of nitrogens with one attached hydrogen (secondary N) is 1. The van der Waals surface area contributed by atoms with Gasteiger partial charge in [0.15, 0.2) is 0 Å².